The predicted octanol–water partition coefficient (Wildman–Crippen LogP) is 3.46. The van der Waals surface area contributed by atoms with Crippen LogP contribution in [0.4, 0.5) is 15.9 Å². The second kappa shape index (κ2) is 11.5. The summed E-state index contributed by atoms with van der Waals surface area (Å²) in [6, 6.07) is 4.59. The Morgan fingerprint density at radius 2 is 1.95 bits per heavy atom. The number of aromatic nitrogens is 5. The molecule has 3 aromatic heterocycles. The molecule has 1 fully saturated rings. The first kappa shape index (κ1) is 28.3. The van der Waals surface area contributed by atoms with Crippen LogP contribution in [-0.4, -0.2) is 86.4 Å². The summed E-state index contributed by atoms with van der Waals surface area (Å²) in [6.45, 7) is 7.78. The van der Waals surface area contributed by atoms with Crippen molar-refractivity contribution in [1.82, 2.24) is 34.5 Å². The number of likely N-dealkylation sites (N-methyl/N-ethyl adjacent to an activating group) is 1. The zero-order chi connectivity index (χ0) is 30.2. The molecule has 0 radical (unpaired) electrons. The highest BCUT2D eigenvalue weighted by Gasteiger charge is 2.26. The highest BCUT2D eigenvalue weighted by molar-refractivity contribution is 6.33. The minimum atomic E-state index is -0.805. The number of amides is 1. The standard InChI is InChI=1S/C28H28ClFN10O3/c1-3-22(41)38-7-9-39(10-8-38)26-17-4-5-33-27(43-25-18(14-31)20(32)13-19(30)23(25)29)24(17)34-28(35-26)42-21-12-16-15-37(2)6-11-40(16)36-21/h3-5,12-14,31H,1,6-11,15,32H2,2H3. The average molecular weight is 607 g/mol. The minimum Gasteiger partial charge on any atom is -0.434 e. The van der Waals surface area contributed by atoms with Crippen LogP contribution < -0.4 is 20.1 Å². The maximum absolute atomic E-state index is 14.5. The van der Waals surface area contributed by atoms with Crippen LogP contribution in [-0.2, 0) is 17.9 Å². The fourth-order valence-corrected chi connectivity index (χ4v) is 5.31. The van der Waals surface area contributed by atoms with E-state index in [1.807, 2.05) is 22.7 Å². The molecule has 1 aromatic carbocycles. The molecule has 1 saturated heterocycles. The number of carbonyl (C=O) groups excluding carboxylic acids is 1. The Labute approximate surface area is 250 Å². The molecule has 2 aliphatic heterocycles. The number of halogens is 2. The van der Waals surface area contributed by atoms with E-state index >= 15 is 0 Å². The quantitative estimate of drug-likeness (QED) is 0.182. The van der Waals surface area contributed by atoms with E-state index in [1.54, 1.807) is 11.0 Å². The third kappa shape index (κ3) is 5.42. The SMILES string of the molecule is C=CC(=O)N1CCN(c2nc(Oc3cc4n(n3)CCN(C)C4)nc3c(Oc4c(Cl)c(F)cc(N)c4C=N)nccc23)CC1. The van der Waals surface area contributed by atoms with Crippen molar-refractivity contribution in [3.05, 3.63) is 59.1 Å². The van der Waals surface area contributed by atoms with Crippen molar-refractivity contribution in [2.45, 2.75) is 13.1 Å². The molecule has 1 amide bonds. The summed E-state index contributed by atoms with van der Waals surface area (Å²) in [5.74, 6) is -0.278. The van der Waals surface area contributed by atoms with E-state index in [-0.39, 0.29) is 45.3 Å². The lowest BCUT2D eigenvalue weighted by Crippen LogP contribution is -2.48. The van der Waals surface area contributed by atoms with Crippen molar-refractivity contribution >= 4 is 46.1 Å². The maximum Gasteiger partial charge on any atom is 0.326 e. The molecule has 0 spiro atoms. The summed E-state index contributed by atoms with van der Waals surface area (Å²) >= 11 is 6.25. The minimum absolute atomic E-state index is 0.00844. The first-order chi connectivity index (χ1) is 20.7. The van der Waals surface area contributed by atoms with Gasteiger partial charge in [-0.15, -0.1) is 5.10 Å². The van der Waals surface area contributed by atoms with Gasteiger partial charge in [-0.05, 0) is 25.3 Å². The van der Waals surface area contributed by atoms with Crippen molar-refractivity contribution in [3.8, 4) is 23.5 Å². The fourth-order valence-electron chi connectivity index (χ4n) is 5.12. The Kier molecular flexibility index (Phi) is 7.54. The summed E-state index contributed by atoms with van der Waals surface area (Å²) in [5, 5.41) is 12.6. The highest BCUT2D eigenvalue weighted by Crippen LogP contribution is 2.40. The van der Waals surface area contributed by atoms with Gasteiger partial charge in [-0.2, -0.15) is 9.97 Å². The van der Waals surface area contributed by atoms with E-state index in [0.29, 0.717) is 43.3 Å². The average Bonchev–Trinajstić information content (AvgIpc) is 3.40. The number of hydrogen-bond donors (Lipinski definition) is 2. The largest absolute Gasteiger partial charge is 0.434 e. The molecule has 0 atom stereocenters. The van der Waals surface area contributed by atoms with E-state index < -0.39 is 5.82 Å². The number of nitrogens with two attached hydrogens (primary N) is 1. The highest BCUT2D eigenvalue weighted by atomic mass is 35.5. The van der Waals surface area contributed by atoms with Gasteiger partial charge >= 0.3 is 6.01 Å². The Balaban J connectivity index is 1.43. The first-order valence-corrected chi connectivity index (χ1v) is 13.9. The summed E-state index contributed by atoms with van der Waals surface area (Å²) < 4.78 is 28.5. The molecule has 4 aromatic rings. The van der Waals surface area contributed by atoms with E-state index in [0.717, 1.165) is 37.6 Å². The number of hydrogen-bond acceptors (Lipinski definition) is 11. The van der Waals surface area contributed by atoms with Crippen LogP contribution in [0.1, 0.15) is 11.3 Å². The molecule has 0 aliphatic carbocycles. The molecule has 6 rings (SSSR count). The van der Waals surface area contributed by atoms with E-state index in [4.69, 9.17) is 37.2 Å². The van der Waals surface area contributed by atoms with Crippen molar-refractivity contribution in [2.75, 3.05) is 50.4 Å². The van der Waals surface area contributed by atoms with Crippen molar-refractivity contribution in [2.24, 2.45) is 0 Å². The van der Waals surface area contributed by atoms with Crippen LogP contribution in [0.3, 0.4) is 0 Å². The lowest BCUT2D eigenvalue weighted by Gasteiger charge is -2.35. The number of nitrogens with zero attached hydrogens (tertiary/aromatic N) is 8. The zero-order valence-corrected chi connectivity index (χ0v) is 24.0. The topological polar surface area (TPSA) is 152 Å². The van der Waals surface area contributed by atoms with Gasteiger partial charge in [0.1, 0.15) is 22.2 Å². The van der Waals surface area contributed by atoms with Gasteiger partial charge in [-0.25, -0.2) is 9.37 Å². The number of pyridine rings is 1. The van der Waals surface area contributed by atoms with Crippen LogP contribution in [0.25, 0.3) is 10.9 Å². The molecule has 2 aliphatic rings. The number of nitrogen functional groups attached to an aromatic ring is 1. The van der Waals surface area contributed by atoms with Gasteiger partial charge < -0.3 is 30.4 Å². The molecule has 0 unspecified atom stereocenters. The number of anilines is 2. The lowest BCUT2D eigenvalue weighted by molar-refractivity contribution is -0.126. The normalized spacial score (nSPS) is 15.3. The second-order valence-corrected chi connectivity index (χ2v) is 10.5. The Morgan fingerprint density at radius 3 is 2.70 bits per heavy atom. The molecule has 15 heteroatoms. The van der Waals surface area contributed by atoms with Crippen molar-refractivity contribution in [1.29, 1.82) is 5.41 Å². The third-order valence-electron chi connectivity index (χ3n) is 7.36. The summed E-state index contributed by atoms with van der Waals surface area (Å²) in [4.78, 5) is 31.8. The van der Waals surface area contributed by atoms with Crippen LogP contribution >= 0.6 is 11.6 Å². The van der Waals surface area contributed by atoms with E-state index in [2.05, 4.69) is 26.5 Å². The zero-order valence-electron chi connectivity index (χ0n) is 23.3. The van der Waals surface area contributed by atoms with Gasteiger partial charge in [-0.1, -0.05) is 18.2 Å². The number of ether oxygens (including phenoxy) is 2. The first-order valence-electron chi connectivity index (χ1n) is 13.5. The number of nitrogens with one attached hydrogen (secondary N) is 1. The Hall–Kier alpha value is -4.82. The fraction of sp³-hybridized carbons (Fsp3) is 0.286. The predicted molar refractivity (Wildman–Crippen MR) is 159 cm³/mol. The number of carbonyl (C=O) groups is 1. The van der Waals surface area contributed by atoms with E-state index in [1.165, 1.54) is 12.3 Å². The summed E-state index contributed by atoms with van der Waals surface area (Å²) in [7, 11) is 2.04. The lowest BCUT2D eigenvalue weighted by atomic mass is 10.1. The molecule has 43 heavy (non-hydrogen) atoms. The van der Waals surface area contributed by atoms with Crippen LogP contribution in [0, 0.1) is 11.2 Å². The monoisotopic (exact) mass is 606 g/mol. The Morgan fingerprint density at radius 1 is 1.16 bits per heavy atom. The summed E-state index contributed by atoms with van der Waals surface area (Å²) in [5.41, 5.74) is 7.26. The molecule has 0 saturated carbocycles. The van der Waals surface area contributed by atoms with Gasteiger partial charge in [0.25, 0.3) is 0 Å². The number of piperazine rings is 1. The maximum atomic E-state index is 14.5. The van der Waals surface area contributed by atoms with Crippen LogP contribution in [0.5, 0.6) is 23.5 Å². The van der Waals surface area contributed by atoms with Crippen molar-refractivity contribution < 1.29 is 18.7 Å². The van der Waals surface area contributed by atoms with E-state index in [9.17, 15) is 9.18 Å². The smallest absolute Gasteiger partial charge is 0.326 e. The summed E-state index contributed by atoms with van der Waals surface area (Å²) in [6.07, 6.45) is 3.73. The Bertz CT molecular complexity index is 1750. The molecular formula is C28H28ClFN10O3. The van der Waals surface area contributed by atoms with Gasteiger partial charge in [0, 0.05) is 63.4 Å². The molecule has 13 nitrogen and oxygen atoms in total. The molecule has 3 N–H and O–H groups in total. The number of fused-ring (bicyclic) bond motifs is 2. The molecule has 0 bridgehead atoms. The van der Waals surface area contributed by atoms with Gasteiger partial charge in [0.05, 0.1) is 23.2 Å². The van der Waals surface area contributed by atoms with Crippen LogP contribution in [0.15, 0.2) is 37.1 Å². The number of benzene rings is 1. The third-order valence-corrected chi connectivity index (χ3v) is 7.71. The van der Waals surface area contributed by atoms with Crippen LogP contribution in [0.2, 0.25) is 5.02 Å². The molecule has 222 valence electrons. The van der Waals surface area contributed by atoms with Gasteiger partial charge in [0.2, 0.25) is 17.7 Å². The number of rotatable bonds is 7. The van der Waals surface area contributed by atoms with Gasteiger partial charge in [0.15, 0.2) is 5.75 Å². The van der Waals surface area contributed by atoms with Gasteiger partial charge in [-0.3, -0.25) is 14.4 Å². The second-order valence-electron chi connectivity index (χ2n) is 10.1. The molecular weight excluding hydrogens is 579 g/mol. The van der Waals surface area contributed by atoms with Crippen molar-refractivity contribution in [3.63, 3.8) is 0 Å². The molecule has 5 heterocycles.